The number of imidazole rings is 1. The molecule has 1 aromatic heterocycles. The largest absolute Gasteiger partial charge is 0.479 e. The van der Waals surface area contributed by atoms with Gasteiger partial charge in [0.2, 0.25) is 0 Å². The first-order valence-electron chi connectivity index (χ1n) is 7.10. The summed E-state index contributed by atoms with van der Waals surface area (Å²) in [6.45, 7) is 2.07. The van der Waals surface area contributed by atoms with E-state index in [0.29, 0.717) is 16.9 Å². The van der Waals surface area contributed by atoms with E-state index in [9.17, 15) is 13.2 Å². The molecule has 3 aromatic rings. The standard InChI is InChI=1S/C16H13F3N2OS2/c1-2-23-14-6-4-3-5-11(14)15-20-12-8-7-10(9-13(12)21-15)22-24-16(17,18)19/h3-9H,2H2,1H3,(H,20,21). The van der Waals surface area contributed by atoms with E-state index >= 15 is 0 Å². The minimum Gasteiger partial charge on any atom is -0.417 e. The smallest absolute Gasteiger partial charge is 0.417 e. The zero-order chi connectivity index (χ0) is 17.2. The molecule has 3 nitrogen and oxygen atoms in total. The molecule has 0 aliphatic rings. The van der Waals surface area contributed by atoms with Crippen LogP contribution in [0.15, 0.2) is 47.4 Å². The summed E-state index contributed by atoms with van der Waals surface area (Å²) in [5.41, 5.74) is -2.18. The second-order valence-electron chi connectivity index (χ2n) is 4.81. The molecule has 2 aromatic carbocycles. The number of alkyl halides is 3. The average Bonchev–Trinajstić information content (AvgIpc) is 2.96. The molecular weight excluding hydrogens is 357 g/mol. The highest BCUT2D eigenvalue weighted by molar-refractivity contribution is 7.99. The van der Waals surface area contributed by atoms with E-state index in [0.717, 1.165) is 16.2 Å². The molecule has 1 heterocycles. The quantitative estimate of drug-likeness (QED) is 0.449. The molecule has 0 atom stereocenters. The van der Waals surface area contributed by atoms with Crippen molar-refractivity contribution in [1.29, 1.82) is 0 Å². The van der Waals surface area contributed by atoms with E-state index in [1.165, 1.54) is 12.1 Å². The van der Waals surface area contributed by atoms with Gasteiger partial charge in [-0.2, -0.15) is 13.2 Å². The highest BCUT2D eigenvalue weighted by Gasteiger charge is 2.31. The first-order valence-corrected chi connectivity index (χ1v) is 8.83. The van der Waals surface area contributed by atoms with Crippen LogP contribution in [0.4, 0.5) is 13.2 Å². The second kappa shape index (κ2) is 6.98. The van der Waals surface area contributed by atoms with Gasteiger partial charge in [0.1, 0.15) is 11.6 Å². The maximum atomic E-state index is 12.2. The van der Waals surface area contributed by atoms with Crippen molar-refractivity contribution in [2.75, 3.05) is 5.75 Å². The number of aromatic amines is 1. The number of hydrogen-bond acceptors (Lipinski definition) is 4. The van der Waals surface area contributed by atoms with Gasteiger partial charge in [-0.1, -0.05) is 25.1 Å². The fourth-order valence-electron chi connectivity index (χ4n) is 2.21. The molecule has 1 N–H and O–H groups in total. The first kappa shape index (κ1) is 17.0. The van der Waals surface area contributed by atoms with E-state index in [2.05, 4.69) is 16.9 Å². The summed E-state index contributed by atoms with van der Waals surface area (Å²) in [4.78, 5) is 8.78. The number of thioether (sulfide) groups is 1. The number of benzene rings is 2. The van der Waals surface area contributed by atoms with Crippen molar-refractivity contribution in [2.45, 2.75) is 17.3 Å². The topological polar surface area (TPSA) is 37.9 Å². The van der Waals surface area contributed by atoms with Gasteiger partial charge in [-0.25, -0.2) is 4.98 Å². The lowest BCUT2D eigenvalue weighted by Gasteiger charge is -2.05. The van der Waals surface area contributed by atoms with Gasteiger partial charge in [-0.3, -0.25) is 0 Å². The SMILES string of the molecule is CCSc1ccccc1-c1nc2ccc(OSC(F)(F)F)cc2[nH]1. The van der Waals surface area contributed by atoms with Gasteiger partial charge in [-0.05, 0) is 24.0 Å². The lowest BCUT2D eigenvalue weighted by Crippen LogP contribution is -2.02. The minimum absolute atomic E-state index is 0.122. The van der Waals surface area contributed by atoms with Crippen LogP contribution in [0.2, 0.25) is 0 Å². The van der Waals surface area contributed by atoms with Crippen LogP contribution in [0.3, 0.4) is 0 Å². The lowest BCUT2D eigenvalue weighted by molar-refractivity contribution is -0.0369. The molecule has 0 amide bonds. The van der Waals surface area contributed by atoms with Crippen molar-refractivity contribution < 1.29 is 17.4 Å². The number of fused-ring (bicyclic) bond motifs is 1. The summed E-state index contributed by atoms with van der Waals surface area (Å²) in [5.74, 6) is 1.74. The van der Waals surface area contributed by atoms with Crippen molar-refractivity contribution in [2.24, 2.45) is 0 Å². The van der Waals surface area contributed by atoms with Crippen LogP contribution >= 0.6 is 23.8 Å². The van der Waals surface area contributed by atoms with Crippen molar-refractivity contribution in [3.8, 4) is 17.1 Å². The fourth-order valence-corrected chi connectivity index (χ4v) is 3.31. The Morgan fingerprint density at radius 3 is 2.71 bits per heavy atom. The van der Waals surface area contributed by atoms with Crippen molar-refractivity contribution in [1.82, 2.24) is 9.97 Å². The van der Waals surface area contributed by atoms with Crippen LogP contribution in [0.5, 0.6) is 5.75 Å². The third kappa shape index (κ3) is 3.99. The molecule has 0 aliphatic carbocycles. The maximum Gasteiger partial charge on any atom is 0.479 e. The molecule has 0 unspecified atom stereocenters. The summed E-state index contributed by atoms with van der Waals surface area (Å²) < 4.78 is 41.3. The summed E-state index contributed by atoms with van der Waals surface area (Å²) in [6, 6.07) is 12.5. The number of H-pyrrole nitrogens is 1. The Morgan fingerprint density at radius 1 is 1.17 bits per heavy atom. The normalized spacial score (nSPS) is 11.8. The number of nitrogens with zero attached hydrogens (tertiary/aromatic N) is 1. The molecule has 126 valence electrons. The molecule has 0 fully saturated rings. The third-order valence-corrected chi connectivity index (χ3v) is 4.55. The number of aromatic nitrogens is 2. The molecule has 0 radical (unpaired) electrons. The summed E-state index contributed by atoms with van der Waals surface area (Å²) in [5, 5.41) is 0. The van der Waals surface area contributed by atoms with Gasteiger partial charge in [0.05, 0.1) is 11.0 Å². The molecule has 3 rings (SSSR count). The Hall–Kier alpha value is -1.80. The molecule has 0 spiro atoms. The number of nitrogens with one attached hydrogen (secondary N) is 1. The lowest BCUT2D eigenvalue weighted by atomic mass is 10.2. The van der Waals surface area contributed by atoms with Gasteiger partial charge in [0.25, 0.3) is 0 Å². The number of hydrogen-bond donors (Lipinski definition) is 1. The summed E-state index contributed by atoms with van der Waals surface area (Å²) in [7, 11) is 0. The van der Waals surface area contributed by atoms with Crippen LogP contribution in [-0.4, -0.2) is 21.2 Å². The van der Waals surface area contributed by atoms with E-state index in [1.807, 2.05) is 24.3 Å². The zero-order valence-electron chi connectivity index (χ0n) is 12.6. The Bertz CT molecular complexity index is 849. The van der Waals surface area contributed by atoms with Gasteiger partial charge in [-0.15, -0.1) is 11.8 Å². The highest BCUT2D eigenvalue weighted by Crippen LogP contribution is 2.34. The molecule has 0 aliphatic heterocycles. The van der Waals surface area contributed by atoms with Gasteiger partial charge in [0, 0.05) is 16.5 Å². The molecule has 0 saturated carbocycles. The number of rotatable bonds is 5. The molecule has 0 saturated heterocycles. The van der Waals surface area contributed by atoms with E-state index in [4.69, 9.17) is 4.18 Å². The third-order valence-electron chi connectivity index (χ3n) is 3.13. The Morgan fingerprint density at radius 2 is 1.96 bits per heavy atom. The van der Waals surface area contributed by atoms with Gasteiger partial charge in [0.15, 0.2) is 12.0 Å². The fraction of sp³-hybridized carbons (Fsp3) is 0.188. The van der Waals surface area contributed by atoms with Gasteiger partial charge < -0.3 is 9.17 Å². The molecule has 8 heteroatoms. The van der Waals surface area contributed by atoms with Crippen LogP contribution in [0.25, 0.3) is 22.4 Å². The van der Waals surface area contributed by atoms with Crippen LogP contribution < -0.4 is 4.18 Å². The van der Waals surface area contributed by atoms with Crippen LogP contribution in [-0.2, 0) is 0 Å². The predicted octanol–water partition coefficient (Wildman–Crippen LogP) is 5.89. The monoisotopic (exact) mass is 370 g/mol. The zero-order valence-corrected chi connectivity index (χ0v) is 14.2. The second-order valence-corrected chi connectivity index (χ2v) is 6.91. The Labute approximate surface area is 145 Å². The van der Waals surface area contributed by atoms with E-state index in [-0.39, 0.29) is 5.75 Å². The number of halogens is 3. The van der Waals surface area contributed by atoms with E-state index < -0.39 is 17.6 Å². The van der Waals surface area contributed by atoms with Crippen molar-refractivity contribution in [3.63, 3.8) is 0 Å². The van der Waals surface area contributed by atoms with Crippen molar-refractivity contribution >= 4 is 34.8 Å². The van der Waals surface area contributed by atoms with Crippen molar-refractivity contribution in [3.05, 3.63) is 42.5 Å². The Kier molecular flexibility index (Phi) is 4.96. The average molecular weight is 370 g/mol. The van der Waals surface area contributed by atoms with E-state index in [1.54, 1.807) is 17.8 Å². The summed E-state index contributed by atoms with van der Waals surface area (Å²) in [6.07, 6.45) is 0. The first-order chi connectivity index (χ1) is 11.5. The molecule has 0 bridgehead atoms. The Balaban J connectivity index is 1.92. The summed E-state index contributed by atoms with van der Waals surface area (Å²) >= 11 is 1.18. The minimum atomic E-state index is -4.44. The highest BCUT2D eigenvalue weighted by atomic mass is 32.2. The van der Waals surface area contributed by atoms with Crippen LogP contribution in [0, 0.1) is 0 Å². The predicted molar refractivity (Wildman–Crippen MR) is 92.2 cm³/mol. The molecule has 24 heavy (non-hydrogen) atoms. The van der Waals surface area contributed by atoms with Gasteiger partial charge >= 0.3 is 5.51 Å². The maximum absolute atomic E-state index is 12.2. The molecular formula is C16H13F3N2OS2. The van der Waals surface area contributed by atoms with Crippen LogP contribution in [0.1, 0.15) is 6.92 Å².